The number of ether oxygens (including phenoxy) is 1. The molecular weight excluding hydrogens is 278 g/mol. The highest BCUT2D eigenvalue weighted by Gasteiger charge is 2.11. The minimum Gasteiger partial charge on any atom is -0.496 e. The summed E-state index contributed by atoms with van der Waals surface area (Å²) in [6.07, 6.45) is 0. The van der Waals surface area contributed by atoms with Crippen LogP contribution in [0.5, 0.6) is 5.75 Å². The van der Waals surface area contributed by atoms with E-state index in [-0.39, 0.29) is 5.56 Å². The number of benzene rings is 2. The van der Waals surface area contributed by atoms with E-state index in [0.29, 0.717) is 18.2 Å². The van der Waals surface area contributed by atoms with E-state index in [4.69, 9.17) is 4.74 Å². The number of rotatable bonds is 7. The van der Waals surface area contributed by atoms with Crippen molar-refractivity contribution >= 4 is 5.97 Å². The number of methoxy groups -OCH3 is 1. The number of carbonyl (C=O) groups is 1. The predicted octanol–water partition coefficient (Wildman–Crippen LogP) is 3.29. The van der Waals surface area contributed by atoms with Crippen molar-refractivity contribution < 1.29 is 14.6 Å². The van der Waals surface area contributed by atoms with Crippen LogP contribution < -0.4 is 10.1 Å². The van der Waals surface area contributed by atoms with Crippen molar-refractivity contribution in [2.45, 2.75) is 19.4 Å². The zero-order chi connectivity index (χ0) is 15.9. The molecule has 4 heteroatoms. The van der Waals surface area contributed by atoms with E-state index in [1.807, 2.05) is 24.3 Å². The molecule has 2 aromatic carbocycles. The Kier molecular flexibility index (Phi) is 5.55. The van der Waals surface area contributed by atoms with Crippen LogP contribution >= 0.6 is 0 Å². The van der Waals surface area contributed by atoms with Gasteiger partial charge in [0.05, 0.1) is 7.11 Å². The van der Waals surface area contributed by atoms with Gasteiger partial charge in [-0.15, -0.1) is 0 Å². The van der Waals surface area contributed by atoms with Crippen LogP contribution in [0.4, 0.5) is 0 Å². The fourth-order valence-electron chi connectivity index (χ4n) is 2.36. The lowest BCUT2D eigenvalue weighted by atomic mass is 10.0. The number of carboxylic acids is 1. The molecule has 0 aliphatic rings. The molecule has 2 aromatic rings. The maximum atomic E-state index is 11.2. The molecule has 116 valence electrons. The summed E-state index contributed by atoms with van der Waals surface area (Å²) in [7, 11) is 1.47. The molecule has 22 heavy (non-hydrogen) atoms. The minimum absolute atomic E-state index is 0.193. The molecular formula is C18H21NO3. The van der Waals surface area contributed by atoms with Gasteiger partial charge in [0.1, 0.15) is 11.3 Å². The molecule has 2 rings (SSSR count). The average Bonchev–Trinajstić information content (AvgIpc) is 2.55. The first-order chi connectivity index (χ1) is 10.6. The number of hydrogen-bond acceptors (Lipinski definition) is 3. The van der Waals surface area contributed by atoms with Crippen molar-refractivity contribution in [3.8, 4) is 5.75 Å². The third-order valence-electron chi connectivity index (χ3n) is 3.64. The van der Waals surface area contributed by atoms with Gasteiger partial charge in [0, 0.05) is 13.1 Å². The molecule has 0 amide bonds. The molecule has 0 saturated carbocycles. The molecule has 0 aliphatic heterocycles. The Bertz CT molecular complexity index is 625. The third-order valence-corrected chi connectivity index (χ3v) is 3.64. The predicted molar refractivity (Wildman–Crippen MR) is 86.5 cm³/mol. The Morgan fingerprint density at radius 3 is 2.59 bits per heavy atom. The van der Waals surface area contributed by atoms with Gasteiger partial charge < -0.3 is 15.2 Å². The Morgan fingerprint density at radius 1 is 1.23 bits per heavy atom. The SMILES string of the molecule is COc1ccc(CNCC(C)c2ccccc2)cc1C(=O)O. The summed E-state index contributed by atoms with van der Waals surface area (Å²) in [5, 5.41) is 12.6. The van der Waals surface area contributed by atoms with Crippen LogP contribution in [0.25, 0.3) is 0 Å². The Hall–Kier alpha value is -2.33. The average molecular weight is 299 g/mol. The van der Waals surface area contributed by atoms with Gasteiger partial charge in [-0.05, 0) is 29.2 Å². The summed E-state index contributed by atoms with van der Waals surface area (Å²) in [4.78, 5) is 11.2. The number of hydrogen-bond donors (Lipinski definition) is 2. The van der Waals surface area contributed by atoms with Gasteiger partial charge in [-0.25, -0.2) is 4.79 Å². The second kappa shape index (κ2) is 7.61. The molecule has 0 saturated heterocycles. The number of nitrogens with one attached hydrogen (secondary N) is 1. The standard InChI is InChI=1S/C18H21NO3/c1-13(15-6-4-3-5-7-15)11-19-12-14-8-9-17(22-2)16(10-14)18(20)21/h3-10,13,19H,11-12H2,1-2H3,(H,20,21). The topological polar surface area (TPSA) is 58.6 Å². The summed E-state index contributed by atoms with van der Waals surface area (Å²) >= 11 is 0. The Morgan fingerprint density at radius 2 is 1.95 bits per heavy atom. The van der Waals surface area contributed by atoms with Crippen molar-refractivity contribution in [3.05, 3.63) is 65.2 Å². The van der Waals surface area contributed by atoms with E-state index in [1.54, 1.807) is 12.1 Å². The van der Waals surface area contributed by atoms with E-state index < -0.39 is 5.97 Å². The van der Waals surface area contributed by atoms with Crippen LogP contribution in [0.2, 0.25) is 0 Å². The third kappa shape index (κ3) is 4.09. The molecule has 4 nitrogen and oxygen atoms in total. The number of carboxylic acid groups (broad SMARTS) is 1. The highest BCUT2D eigenvalue weighted by atomic mass is 16.5. The van der Waals surface area contributed by atoms with Crippen LogP contribution in [0.3, 0.4) is 0 Å². The smallest absolute Gasteiger partial charge is 0.339 e. The first kappa shape index (κ1) is 16.0. The summed E-state index contributed by atoms with van der Waals surface area (Å²) in [5.74, 6) is -0.191. The molecule has 1 unspecified atom stereocenters. The fraction of sp³-hybridized carbons (Fsp3) is 0.278. The summed E-state index contributed by atoms with van der Waals surface area (Å²) < 4.78 is 5.06. The van der Waals surface area contributed by atoms with Crippen molar-refractivity contribution in [1.29, 1.82) is 0 Å². The Labute approximate surface area is 130 Å². The molecule has 0 aliphatic carbocycles. The second-order valence-corrected chi connectivity index (χ2v) is 5.28. The largest absolute Gasteiger partial charge is 0.496 e. The molecule has 0 aromatic heterocycles. The van der Waals surface area contributed by atoms with E-state index in [2.05, 4.69) is 24.4 Å². The van der Waals surface area contributed by atoms with E-state index in [0.717, 1.165) is 12.1 Å². The lowest BCUT2D eigenvalue weighted by Gasteiger charge is -2.13. The molecule has 2 N–H and O–H groups in total. The molecule has 0 radical (unpaired) electrons. The van der Waals surface area contributed by atoms with Crippen LogP contribution in [0.15, 0.2) is 48.5 Å². The molecule has 0 heterocycles. The molecule has 0 bridgehead atoms. The van der Waals surface area contributed by atoms with Crippen molar-refractivity contribution in [3.63, 3.8) is 0 Å². The van der Waals surface area contributed by atoms with Crippen molar-refractivity contribution in [1.82, 2.24) is 5.32 Å². The minimum atomic E-state index is -0.976. The maximum absolute atomic E-state index is 11.2. The zero-order valence-electron chi connectivity index (χ0n) is 12.9. The zero-order valence-corrected chi connectivity index (χ0v) is 12.9. The van der Waals surface area contributed by atoms with Crippen LogP contribution in [0, 0.1) is 0 Å². The second-order valence-electron chi connectivity index (χ2n) is 5.28. The van der Waals surface area contributed by atoms with Gasteiger partial charge in [-0.2, -0.15) is 0 Å². The molecule has 0 spiro atoms. The maximum Gasteiger partial charge on any atom is 0.339 e. The van der Waals surface area contributed by atoms with Gasteiger partial charge in [0.25, 0.3) is 0 Å². The highest BCUT2D eigenvalue weighted by Crippen LogP contribution is 2.20. The van der Waals surface area contributed by atoms with Gasteiger partial charge in [-0.1, -0.05) is 43.3 Å². The lowest BCUT2D eigenvalue weighted by Crippen LogP contribution is -2.19. The van der Waals surface area contributed by atoms with Crippen molar-refractivity contribution in [2.75, 3.05) is 13.7 Å². The van der Waals surface area contributed by atoms with Crippen LogP contribution in [0.1, 0.15) is 34.3 Å². The van der Waals surface area contributed by atoms with Gasteiger partial charge in [0.2, 0.25) is 0 Å². The summed E-state index contributed by atoms with van der Waals surface area (Å²) in [6.45, 7) is 3.62. The van der Waals surface area contributed by atoms with Gasteiger partial charge >= 0.3 is 5.97 Å². The molecule has 0 fully saturated rings. The number of aromatic carboxylic acids is 1. The first-order valence-electron chi connectivity index (χ1n) is 7.27. The van der Waals surface area contributed by atoms with Gasteiger partial charge in [-0.3, -0.25) is 0 Å². The first-order valence-corrected chi connectivity index (χ1v) is 7.27. The monoisotopic (exact) mass is 299 g/mol. The summed E-state index contributed by atoms with van der Waals surface area (Å²) in [6, 6.07) is 15.5. The van der Waals surface area contributed by atoms with Crippen molar-refractivity contribution in [2.24, 2.45) is 0 Å². The quantitative estimate of drug-likeness (QED) is 0.823. The normalized spacial score (nSPS) is 11.9. The van der Waals surface area contributed by atoms with Gasteiger partial charge in [0.15, 0.2) is 0 Å². The summed E-state index contributed by atoms with van der Waals surface area (Å²) in [5.41, 5.74) is 2.41. The fourth-order valence-corrected chi connectivity index (χ4v) is 2.36. The Balaban J connectivity index is 1.94. The highest BCUT2D eigenvalue weighted by molar-refractivity contribution is 5.91. The van der Waals surface area contributed by atoms with E-state index in [1.165, 1.54) is 12.7 Å². The van der Waals surface area contributed by atoms with Crippen LogP contribution in [-0.2, 0) is 6.54 Å². The van der Waals surface area contributed by atoms with Crippen LogP contribution in [-0.4, -0.2) is 24.7 Å². The lowest BCUT2D eigenvalue weighted by molar-refractivity contribution is 0.0693. The molecule has 1 atom stereocenters. The van der Waals surface area contributed by atoms with E-state index in [9.17, 15) is 9.90 Å². The van der Waals surface area contributed by atoms with E-state index >= 15 is 0 Å².